The summed E-state index contributed by atoms with van der Waals surface area (Å²) >= 11 is 1.56. The molecule has 2 amide bonds. The van der Waals surface area contributed by atoms with Gasteiger partial charge >= 0.3 is 6.03 Å². The van der Waals surface area contributed by atoms with Crippen LogP contribution >= 0.6 is 11.8 Å². The molecule has 1 atom stereocenters. The maximum atomic E-state index is 12.2. The fraction of sp³-hybridized carbons (Fsp3) is 0.462. The first-order valence-electron chi connectivity index (χ1n) is 6.33. The molecule has 5 nitrogen and oxygen atoms in total. The van der Waals surface area contributed by atoms with Crippen molar-refractivity contribution < 1.29 is 13.2 Å². The highest BCUT2D eigenvalue weighted by molar-refractivity contribution is 8.00. The van der Waals surface area contributed by atoms with Crippen LogP contribution in [0.2, 0.25) is 0 Å². The summed E-state index contributed by atoms with van der Waals surface area (Å²) in [6.07, 6.45) is 1.18. The second kappa shape index (κ2) is 6.49. The lowest BCUT2D eigenvalue weighted by molar-refractivity contribution is 0.196. The summed E-state index contributed by atoms with van der Waals surface area (Å²) in [5, 5.41) is 2.06. The Hall–Kier alpha value is -1.21. The van der Waals surface area contributed by atoms with Crippen LogP contribution in [0.5, 0.6) is 0 Å². The summed E-state index contributed by atoms with van der Waals surface area (Å²) in [6, 6.07) is 9.23. The number of sulfone groups is 1. The number of hydrogen-bond acceptors (Lipinski definition) is 4. The van der Waals surface area contributed by atoms with Crippen LogP contribution in [-0.2, 0) is 16.4 Å². The fourth-order valence-electron chi connectivity index (χ4n) is 2.04. The Balaban J connectivity index is 2.00. The minimum Gasteiger partial charge on any atom is -0.334 e. The van der Waals surface area contributed by atoms with E-state index in [9.17, 15) is 13.2 Å². The lowest BCUT2D eigenvalue weighted by Gasteiger charge is -2.33. The molecule has 7 heteroatoms. The zero-order valence-electron chi connectivity index (χ0n) is 11.3. The maximum absolute atomic E-state index is 12.2. The Labute approximate surface area is 123 Å². The molecule has 1 aliphatic heterocycles. The van der Waals surface area contributed by atoms with Crippen molar-refractivity contribution >= 4 is 27.6 Å². The molecular weight excluding hydrogens is 296 g/mol. The predicted molar refractivity (Wildman–Crippen MR) is 81.3 cm³/mol. The fourth-order valence-corrected chi connectivity index (χ4v) is 4.86. The molecule has 1 aromatic rings. The molecule has 0 spiro atoms. The average Bonchev–Trinajstić information content (AvgIpc) is 2.45. The standard InChI is InChI=1S/C13H18N2O3S2/c1-20(17,18)12-10-19-8-7-15(12)13(16)14-9-11-5-3-2-4-6-11/h2-6,12H,7-10H2,1H3,(H,14,16). The average molecular weight is 314 g/mol. The van der Waals surface area contributed by atoms with Gasteiger partial charge in [-0.15, -0.1) is 0 Å². The molecule has 2 rings (SSSR count). The molecule has 1 aromatic carbocycles. The number of amides is 2. The molecule has 0 saturated carbocycles. The van der Waals surface area contributed by atoms with Gasteiger partial charge in [0.1, 0.15) is 5.37 Å². The molecule has 1 heterocycles. The van der Waals surface area contributed by atoms with Gasteiger partial charge in [0.05, 0.1) is 0 Å². The highest BCUT2D eigenvalue weighted by Gasteiger charge is 2.33. The zero-order chi connectivity index (χ0) is 14.6. The van der Waals surface area contributed by atoms with E-state index in [2.05, 4.69) is 5.32 Å². The third-order valence-electron chi connectivity index (χ3n) is 3.13. The first-order chi connectivity index (χ1) is 9.48. The molecule has 0 bridgehead atoms. The van der Waals surface area contributed by atoms with E-state index in [-0.39, 0.29) is 6.03 Å². The van der Waals surface area contributed by atoms with Crippen LogP contribution in [0, 0.1) is 0 Å². The number of carbonyl (C=O) groups excluding carboxylic acids is 1. The van der Waals surface area contributed by atoms with Crippen molar-refractivity contribution in [3.63, 3.8) is 0 Å². The van der Waals surface area contributed by atoms with Crippen molar-refractivity contribution in [3.05, 3.63) is 35.9 Å². The molecule has 0 radical (unpaired) electrons. The molecule has 1 saturated heterocycles. The quantitative estimate of drug-likeness (QED) is 0.914. The van der Waals surface area contributed by atoms with Crippen LogP contribution in [0.4, 0.5) is 4.79 Å². The first-order valence-corrected chi connectivity index (χ1v) is 9.44. The first kappa shape index (κ1) is 15.2. The monoisotopic (exact) mass is 314 g/mol. The van der Waals surface area contributed by atoms with E-state index in [1.54, 1.807) is 11.8 Å². The predicted octanol–water partition coefficient (Wildman–Crippen LogP) is 1.32. The van der Waals surface area contributed by atoms with E-state index in [0.717, 1.165) is 11.3 Å². The van der Waals surface area contributed by atoms with E-state index in [1.165, 1.54) is 11.2 Å². The van der Waals surface area contributed by atoms with Gasteiger partial charge in [0.2, 0.25) is 0 Å². The van der Waals surface area contributed by atoms with Gasteiger partial charge in [0.15, 0.2) is 9.84 Å². The number of nitrogens with zero attached hydrogens (tertiary/aromatic N) is 1. The molecule has 1 unspecified atom stereocenters. The zero-order valence-corrected chi connectivity index (χ0v) is 12.9. The van der Waals surface area contributed by atoms with Crippen LogP contribution < -0.4 is 5.32 Å². The normalized spacial score (nSPS) is 19.6. The molecule has 0 aromatic heterocycles. The van der Waals surface area contributed by atoms with Crippen LogP contribution in [0.1, 0.15) is 5.56 Å². The van der Waals surface area contributed by atoms with Crippen LogP contribution in [0.3, 0.4) is 0 Å². The van der Waals surface area contributed by atoms with E-state index in [0.29, 0.717) is 18.8 Å². The number of urea groups is 1. The van der Waals surface area contributed by atoms with Gasteiger partial charge in [0.25, 0.3) is 0 Å². The molecule has 1 N–H and O–H groups in total. The van der Waals surface area contributed by atoms with Gasteiger partial charge < -0.3 is 10.2 Å². The van der Waals surface area contributed by atoms with Gasteiger partial charge in [-0.2, -0.15) is 11.8 Å². The van der Waals surface area contributed by atoms with Gasteiger partial charge in [-0.25, -0.2) is 13.2 Å². The van der Waals surface area contributed by atoms with Gasteiger partial charge in [-0.1, -0.05) is 30.3 Å². The molecule has 110 valence electrons. The van der Waals surface area contributed by atoms with Crippen molar-refractivity contribution in [2.24, 2.45) is 0 Å². The van der Waals surface area contributed by atoms with Crippen molar-refractivity contribution in [1.82, 2.24) is 10.2 Å². The van der Waals surface area contributed by atoms with E-state index >= 15 is 0 Å². The summed E-state index contributed by atoms with van der Waals surface area (Å²) in [5.41, 5.74) is 0.989. The largest absolute Gasteiger partial charge is 0.334 e. The summed E-state index contributed by atoms with van der Waals surface area (Å²) in [5.74, 6) is 1.21. The van der Waals surface area contributed by atoms with Gasteiger partial charge in [-0.05, 0) is 5.56 Å². The minimum absolute atomic E-state index is 0.315. The smallest absolute Gasteiger partial charge is 0.318 e. The molecule has 20 heavy (non-hydrogen) atoms. The van der Waals surface area contributed by atoms with Crippen LogP contribution in [0.15, 0.2) is 30.3 Å². The maximum Gasteiger partial charge on any atom is 0.318 e. The molecule has 0 aliphatic carbocycles. The number of hydrogen-bond donors (Lipinski definition) is 1. The number of nitrogens with one attached hydrogen (secondary N) is 1. The van der Waals surface area contributed by atoms with Crippen molar-refractivity contribution in [2.45, 2.75) is 11.9 Å². The lowest BCUT2D eigenvalue weighted by Crippen LogP contribution is -2.53. The number of benzene rings is 1. The molecule has 1 aliphatic rings. The number of rotatable bonds is 3. The summed E-state index contributed by atoms with van der Waals surface area (Å²) in [4.78, 5) is 13.6. The van der Waals surface area contributed by atoms with Crippen molar-refractivity contribution in [1.29, 1.82) is 0 Å². The van der Waals surface area contributed by atoms with E-state index in [4.69, 9.17) is 0 Å². The van der Waals surface area contributed by atoms with Gasteiger partial charge in [0, 0.05) is 30.9 Å². The summed E-state index contributed by atoms with van der Waals surface area (Å²) in [6.45, 7) is 0.864. The second-order valence-electron chi connectivity index (χ2n) is 4.70. The lowest BCUT2D eigenvalue weighted by atomic mass is 10.2. The van der Waals surface area contributed by atoms with E-state index < -0.39 is 15.2 Å². The molecule has 1 fully saturated rings. The molecular formula is C13H18N2O3S2. The van der Waals surface area contributed by atoms with Crippen molar-refractivity contribution in [2.75, 3.05) is 24.3 Å². The SMILES string of the molecule is CS(=O)(=O)C1CSCCN1C(=O)NCc1ccccc1. The number of carbonyl (C=O) groups is 1. The Bertz CT molecular complexity index is 560. The Morgan fingerprint density at radius 2 is 2.10 bits per heavy atom. The summed E-state index contributed by atoms with van der Waals surface area (Å²) in [7, 11) is -3.26. The Kier molecular flexibility index (Phi) is 4.93. The Morgan fingerprint density at radius 3 is 2.75 bits per heavy atom. The highest BCUT2D eigenvalue weighted by Crippen LogP contribution is 2.20. The summed E-state index contributed by atoms with van der Waals surface area (Å²) < 4.78 is 23.5. The topological polar surface area (TPSA) is 66.5 Å². The minimum atomic E-state index is -3.26. The third kappa shape index (κ3) is 3.89. The van der Waals surface area contributed by atoms with E-state index in [1.807, 2.05) is 30.3 Å². The van der Waals surface area contributed by atoms with Crippen LogP contribution in [0.25, 0.3) is 0 Å². The second-order valence-corrected chi connectivity index (χ2v) is 8.05. The van der Waals surface area contributed by atoms with Crippen LogP contribution in [-0.4, -0.2) is 49.0 Å². The van der Waals surface area contributed by atoms with Crippen molar-refractivity contribution in [3.8, 4) is 0 Å². The third-order valence-corrected chi connectivity index (χ3v) is 5.77. The number of thioether (sulfide) groups is 1. The van der Waals surface area contributed by atoms with Gasteiger partial charge in [-0.3, -0.25) is 0 Å². The highest BCUT2D eigenvalue weighted by atomic mass is 32.2. The Morgan fingerprint density at radius 1 is 1.40 bits per heavy atom.